The number of rotatable bonds is 8. The van der Waals surface area contributed by atoms with Gasteiger partial charge in [-0.05, 0) is 58.0 Å². The van der Waals surface area contributed by atoms with E-state index in [2.05, 4.69) is 10.9 Å². The van der Waals surface area contributed by atoms with E-state index in [9.17, 15) is 14.0 Å². The molecule has 0 aliphatic heterocycles. The Labute approximate surface area is 184 Å². The summed E-state index contributed by atoms with van der Waals surface area (Å²) in [5, 5.41) is 0.482. The maximum Gasteiger partial charge on any atom is 0.305 e. The van der Waals surface area contributed by atoms with Gasteiger partial charge in [0, 0.05) is 16.5 Å². The number of fused-ring (bicyclic) bond motifs is 1. The maximum absolute atomic E-state index is 13.5. The van der Waals surface area contributed by atoms with Gasteiger partial charge < -0.3 is 18.6 Å². The van der Waals surface area contributed by atoms with Crippen LogP contribution in [0.4, 0.5) is 4.39 Å². The summed E-state index contributed by atoms with van der Waals surface area (Å²) < 4.78 is 35.8. The van der Waals surface area contributed by atoms with Gasteiger partial charge in [-0.2, -0.15) is 0 Å². The number of amides is 2. The van der Waals surface area contributed by atoms with Gasteiger partial charge in [0.1, 0.15) is 11.4 Å². The molecule has 2 aromatic carbocycles. The molecule has 170 valence electrons. The van der Waals surface area contributed by atoms with Crippen molar-refractivity contribution in [1.29, 1.82) is 0 Å². The molecule has 0 aliphatic carbocycles. The highest BCUT2D eigenvalue weighted by Gasteiger charge is 2.21. The van der Waals surface area contributed by atoms with Crippen LogP contribution in [0, 0.1) is 12.7 Å². The Balaban J connectivity index is 1.81. The smallest absolute Gasteiger partial charge is 0.305 e. The van der Waals surface area contributed by atoms with Crippen LogP contribution in [-0.4, -0.2) is 31.6 Å². The largest absolute Gasteiger partial charge is 0.490 e. The summed E-state index contributed by atoms with van der Waals surface area (Å²) in [5.41, 5.74) is 5.69. The minimum absolute atomic E-state index is 0.0254. The van der Waals surface area contributed by atoms with E-state index < -0.39 is 17.6 Å². The summed E-state index contributed by atoms with van der Waals surface area (Å²) >= 11 is 0. The molecule has 0 spiro atoms. The van der Waals surface area contributed by atoms with Crippen LogP contribution >= 0.6 is 0 Å². The van der Waals surface area contributed by atoms with Gasteiger partial charge in [0.2, 0.25) is 5.75 Å². The molecule has 0 saturated carbocycles. The fraction of sp³-hybridized carbons (Fsp3) is 0.304. The number of furan rings is 1. The first kappa shape index (κ1) is 22.9. The van der Waals surface area contributed by atoms with Gasteiger partial charge in [0.05, 0.1) is 19.8 Å². The molecule has 0 atom stereocenters. The van der Waals surface area contributed by atoms with Crippen molar-refractivity contribution in [2.24, 2.45) is 0 Å². The average Bonchev–Trinajstić information content (AvgIpc) is 3.10. The molecule has 0 aliphatic rings. The monoisotopic (exact) mass is 444 g/mol. The highest BCUT2D eigenvalue weighted by Crippen LogP contribution is 2.39. The molecule has 8 nitrogen and oxygen atoms in total. The molecule has 1 heterocycles. The van der Waals surface area contributed by atoms with Crippen molar-refractivity contribution in [3.05, 3.63) is 53.0 Å². The van der Waals surface area contributed by atoms with Crippen LogP contribution < -0.4 is 25.1 Å². The molecule has 1 aromatic heterocycles. The first-order valence-electron chi connectivity index (χ1n) is 10.2. The summed E-state index contributed by atoms with van der Waals surface area (Å²) in [7, 11) is 0. The van der Waals surface area contributed by atoms with Crippen LogP contribution in [0.3, 0.4) is 0 Å². The Morgan fingerprint density at radius 3 is 2.09 bits per heavy atom. The number of carbonyl (C=O) groups is 2. The van der Waals surface area contributed by atoms with E-state index in [0.29, 0.717) is 53.6 Å². The summed E-state index contributed by atoms with van der Waals surface area (Å²) in [4.78, 5) is 25.3. The van der Waals surface area contributed by atoms with E-state index in [-0.39, 0.29) is 11.3 Å². The van der Waals surface area contributed by atoms with Gasteiger partial charge in [-0.3, -0.25) is 20.4 Å². The van der Waals surface area contributed by atoms with Gasteiger partial charge in [0.25, 0.3) is 5.91 Å². The van der Waals surface area contributed by atoms with Gasteiger partial charge in [-0.25, -0.2) is 4.39 Å². The summed E-state index contributed by atoms with van der Waals surface area (Å²) in [6.45, 7) is 8.20. The zero-order chi connectivity index (χ0) is 23.3. The predicted octanol–water partition coefficient (Wildman–Crippen LogP) is 4.15. The Hall–Kier alpha value is -3.75. The molecule has 2 amide bonds. The number of halogens is 1. The van der Waals surface area contributed by atoms with Crippen LogP contribution in [0.5, 0.6) is 17.2 Å². The molecule has 9 heteroatoms. The van der Waals surface area contributed by atoms with Gasteiger partial charge in [-0.1, -0.05) is 0 Å². The molecule has 0 bridgehead atoms. The van der Waals surface area contributed by atoms with Crippen molar-refractivity contribution < 1.29 is 32.6 Å². The van der Waals surface area contributed by atoms with E-state index in [1.807, 2.05) is 20.8 Å². The highest BCUT2D eigenvalue weighted by atomic mass is 19.1. The Kier molecular flexibility index (Phi) is 7.19. The zero-order valence-electron chi connectivity index (χ0n) is 18.3. The van der Waals surface area contributed by atoms with Crippen molar-refractivity contribution in [2.45, 2.75) is 27.7 Å². The van der Waals surface area contributed by atoms with E-state index in [4.69, 9.17) is 18.6 Å². The second-order valence-electron chi connectivity index (χ2n) is 6.71. The highest BCUT2D eigenvalue weighted by molar-refractivity contribution is 6.01. The van der Waals surface area contributed by atoms with Crippen molar-refractivity contribution in [3.8, 4) is 17.2 Å². The number of nitrogens with one attached hydrogen (secondary N) is 2. The fourth-order valence-corrected chi connectivity index (χ4v) is 3.17. The topological polar surface area (TPSA) is 99.0 Å². The molecule has 32 heavy (non-hydrogen) atoms. The Morgan fingerprint density at radius 1 is 0.906 bits per heavy atom. The minimum atomic E-state index is -0.673. The lowest BCUT2D eigenvalue weighted by molar-refractivity contribution is 0.0831. The van der Waals surface area contributed by atoms with E-state index in [0.717, 1.165) is 0 Å². The summed E-state index contributed by atoms with van der Waals surface area (Å²) in [6.07, 6.45) is 0. The van der Waals surface area contributed by atoms with Gasteiger partial charge in [0.15, 0.2) is 17.3 Å². The predicted molar refractivity (Wildman–Crippen MR) is 116 cm³/mol. The first-order chi connectivity index (χ1) is 15.4. The van der Waals surface area contributed by atoms with Gasteiger partial charge in [-0.15, -0.1) is 0 Å². The molecule has 0 saturated heterocycles. The second kappa shape index (κ2) is 10.0. The normalized spacial score (nSPS) is 10.7. The number of benzene rings is 2. The summed E-state index contributed by atoms with van der Waals surface area (Å²) in [5.74, 6) is -0.618. The van der Waals surface area contributed by atoms with E-state index in [1.54, 1.807) is 6.92 Å². The number of hydrogen-bond donors (Lipinski definition) is 2. The molecule has 2 N–H and O–H groups in total. The number of ether oxygens (including phenoxy) is 3. The molecule has 0 fully saturated rings. The third-order valence-electron chi connectivity index (χ3n) is 4.57. The first-order valence-corrected chi connectivity index (χ1v) is 10.2. The van der Waals surface area contributed by atoms with Crippen molar-refractivity contribution in [3.63, 3.8) is 0 Å². The lowest BCUT2D eigenvalue weighted by Crippen LogP contribution is -2.41. The quantitative estimate of drug-likeness (QED) is 0.507. The van der Waals surface area contributed by atoms with Crippen molar-refractivity contribution in [1.82, 2.24) is 10.9 Å². The van der Waals surface area contributed by atoms with Crippen LogP contribution in [0.25, 0.3) is 11.0 Å². The molecular weight excluding hydrogens is 419 g/mol. The van der Waals surface area contributed by atoms with Crippen LogP contribution in [0.1, 0.15) is 47.2 Å². The molecule has 0 radical (unpaired) electrons. The number of aryl methyl sites for hydroxylation is 1. The van der Waals surface area contributed by atoms with E-state index in [1.165, 1.54) is 30.3 Å². The summed E-state index contributed by atoms with van der Waals surface area (Å²) in [6, 6.07) is 6.99. The standard InChI is InChI=1S/C23H25FN2O6/c1-5-29-18-10-14(11-19(30-6-2)21(18)31-7-3)22(27)25-26-23(28)20-13(4)16-12-15(24)8-9-17(16)32-20/h8-12H,5-7H2,1-4H3,(H,25,27)(H,26,28). The van der Waals surface area contributed by atoms with Gasteiger partial charge >= 0.3 is 5.91 Å². The van der Waals surface area contributed by atoms with E-state index >= 15 is 0 Å². The van der Waals surface area contributed by atoms with Crippen LogP contribution in [0.15, 0.2) is 34.7 Å². The lowest BCUT2D eigenvalue weighted by atomic mass is 10.1. The Morgan fingerprint density at radius 2 is 1.50 bits per heavy atom. The van der Waals surface area contributed by atoms with Crippen LogP contribution in [-0.2, 0) is 0 Å². The van der Waals surface area contributed by atoms with Crippen molar-refractivity contribution >= 4 is 22.8 Å². The second-order valence-corrected chi connectivity index (χ2v) is 6.71. The third-order valence-corrected chi connectivity index (χ3v) is 4.57. The minimum Gasteiger partial charge on any atom is -0.490 e. The zero-order valence-corrected chi connectivity index (χ0v) is 18.3. The average molecular weight is 444 g/mol. The number of hydrogen-bond acceptors (Lipinski definition) is 6. The SMILES string of the molecule is CCOc1cc(C(=O)NNC(=O)c2oc3ccc(F)cc3c2C)cc(OCC)c1OCC. The Bertz CT molecular complexity index is 1110. The van der Waals surface area contributed by atoms with Crippen molar-refractivity contribution in [2.75, 3.05) is 19.8 Å². The third kappa shape index (κ3) is 4.77. The molecule has 3 rings (SSSR count). The van der Waals surface area contributed by atoms with Crippen LogP contribution in [0.2, 0.25) is 0 Å². The molecule has 0 unspecified atom stereocenters. The fourth-order valence-electron chi connectivity index (χ4n) is 3.17. The number of carbonyl (C=O) groups excluding carboxylic acids is 2. The molecule has 3 aromatic rings. The molecular formula is C23H25FN2O6. The number of hydrazine groups is 1. The maximum atomic E-state index is 13.5. The lowest BCUT2D eigenvalue weighted by Gasteiger charge is -2.17.